The van der Waals surface area contributed by atoms with Gasteiger partial charge in [0.1, 0.15) is 5.75 Å². The fourth-order valence-corrected chi connectivity index (χ4v) is 6.58. The molecule has 5 rings (SSSR count). The second-order valence-electron chi connectivity index (χ2n) is 8.88. The van der Waals surface area contributed by atoms with E-state index < -0.39 is 9.84 Å². The van der Waals surface area contributed by atoms with Gasteiger partial charge in [-0.3, -0.25) is 9.80 Å². The Morgan fingerprint density at radius 3 is 2.36 bits per heavy atom. The van der Waals surface area contributed by atoms with E-state index in [0.29, 0.717) is 11.5 Å². The molecule has 1 atom stereocenters. The number of para-hydroxylation sites is 1. The van der Waals surface area contributed by atoms with Gasteiger partial charge in [-0.15, -0.1) is 0 Å². The normalized spacial score (nSPS) is 21.3. The Morgan fingerprint density at radius 1 is 1.00 bits per heavy atom. The maximum Gasteiger partial charge on any atom is 0.151 e. The Balaban J connectivity index is 1.34. The number of nitrogens with zero attached hydrogens (tertiary/aromatic N) is 4. The zero-order valence-corrected chi connectivity index (χ0v) is 19.7. The Bertz CT molecular complexity index is 1180. The van der Waals surface area contributed by atoms with Gasteiger partial charge >= 0.3 is 0 Å². The second-order valence-corrected chi connectivity index (χ2v) is 11.1. The standard InChI is InChI=1S/C25H30N4O3S/c1-32-24-9-7-20(8-10-24)25-21(18-29(26-25)22-5-3-2-4-6-22)17-27-12-14-28(15-13-27)23-11-16-33(30,31)19-23/h2-10,18,23H,11-17,19H2,1H3/t23-/m1/s1. The van der Waals surface area contributed by atoms with E-state index in [4.69, 9.17) is 9.84 Å². The summed E-state index contributed by atoms with van der Waals surface area (Å²) in [7, 11) is -1.18. The maximum atomic E-state index is 11.9. The molecular formula is C25H30N4O3S. The minimum absolute atomic E-state index is 0.188. The number of piperazine rings is 1. The van der Waals surface area contributed by atoms with Crippen LogP contribution < -0.4 is 4.74 Å². The van der Waals surface area contributed by atoms with Gasteiger partial charge in [0.25, 0.3) is 0 Å². The molecule has 8 heteroatoms. The first kappa shape index (κ1) is 22.1. The lowest BCUT2D eigenvalue weighted by molar-refractivity contribution is 0.100. The van der Waals surface area contributed by atoms with Crippen LogP contribution in [0.5, 0.6) is 5.75 Å². The van der Waals surface area contributed by atoms with Gasteiger partial charge in [-0.05, 0) is 42.8 Å². The van der Waals surface area contributed by atoms with Crippen LogP contribution in [-0.2, 0) is 16.4 Å². The Morgan fingerprint density at radius 2 is 1.73 bits per heavy atom. The highest BCUT2D eigenvalue weighted by Crippen LogP contribution is 2.27. The maximum absolute atomic E-state index is 11.9. The highest BCUT2D eigenvalue weighted by atomic mass is 32.2. The summed E-state index contributed by atoms with van der Waals surface area (Å²) in [5.41, 5.74) is 4.26. The Hall–Kier alpha value is -2.68. The first-order valence-electron chi connectivity index (χ1n) is 11.5. The molecule has 2 saturated heterocycles. The van der Waals surface area contributed by atoms with Crippen LogP contribution in [0.15, 0.2) is 60.8 Å². The number of rotatable bonds is 6. The lowest BCUT2D eigenvalue weighted by atomic mass is 10.1. The van der Waals surface area contributed by atoms with Crippen molar-refractivity contribution in [2.75, 3.05) is 44.8 Å². The van der Waals surface area contributed by atoms with E-state index in [1.807, 2.05) is 35.0 Å². The molecule has 7 nitrogen and oxygen atoms in total. The van der Waals surface area contributed by atoms with Gasteiger partial charge in [0.2, 0.25) is 0 Å². The predicted octanol–water partition coefficient (Wildman–Crippen LogP) is 2.85. The molecule has 3 heterocycles. The molecule has 1 aromatic heterocycles. The number of ether oxygens (including phenoxy) is 1. The average Bonchev–Trinajstić information content (AvgIpc) is 3.43. The molecule has 0 aliphatic carbocycles. The van der Waals surface area contributed by atoms with Gasteiger partial charge in [0, 0.05) is 56.1 Å². The highest BCUT2D eigenvalue weighted by molar-refractivity contribution is 7.91. The van der Waals surface area contributed by atoms with E-state index in [2.05, 4.69) is 40.3 Å². The monoisotopic (exact) mass is 466 g/mol. The molecule has 0 saturated carbocycles. The SMILES string of the molecule is COc1ccc(-c2nn(-c3ccccc3)cc2CN2CCN([C@@H]3CCS(=O)(=O)C3)CC2)cc1. The van der Waals surface area contributed by atoms with E-state index in [0.717, 1.165) is 61.8 Å². The molecule has 174 valence electrons. The van der Waals surface area contributed by atoms with Gasteiger partial charge in [-0.25, -0.2) is 13.1 Å². The lowest BCUT2D eigenvalue weighted by Gasteiger charge is -2.37. The molecule has 0 spiro atoms. The van der Waals surface area contributed by atoms with Gasteiger partial charge in [0.15, 0.2) is 9.84 Å². The number of aromatic nitrogens is 2. The summed E-state index contributed by atoms with van der Waals surface area (Å²) in [6, 6.07) is 18.4. The summed E-state index contributed by atoms with van der Waals surface area (Å²) in [4.78, 5) is 4.80. The van der Waals surface area contributed by atoms with Crippen molar-refractivity contribution >= 4 is 9.84 Å². The van der Waals surface area contributed by atoms with E-state index in [9.17, 15) is 8.42 Å². The largest absolute Gasteiger partial charge is 0.497 e. The molecule has 2 aliphatic rings. The average molecular weight is 467 g/mol. The third-order valence-electron chi connectivity index (χ3n) is 6.70. The second kappa shape index (κ2) is 9.29. The number of hydrogen-bond acceptors (Lipinski definition) is 6. The summed E-state index contributed by atoms with van der Waals surface area (Å²) in [6.45, 7) is 4.48. The van der Waals surface area contributed by atoms with Crippen molar-refractivity contribution in [2.45, 2.75) is 19.0 Å². The van der Waals surface area contributed by atoms with Gasteiger partial charge in [-0.2, -0.15) is 5.10 Å². The molecule has 3 aromatic rings. The molecule has 0 unspecified atom stereocenters. The van der Waals surface area contributed by atoms with E-state index in [1.165, 1.54) is 5.56 Å². The Kier molecular flexibility index (Phi) is 6.23. The first-order valence-corrected chi connectivity index (χ1v) is 13.3. The number of methoxy groups -OCH3 is 1. The number of benzene rings is 2. The van der Waals surface area contributed by atoms with Crippen LogP contribution in [0.3, 0.4) is 0 Å². The third-order valence-corrected chi connectivity index (χ3v) is 8.45. The van der Waals surface area contributed by atoms with Crippen LogP contribution in [0.1, 0.15) is 12.0 Å². The van der Waals surface area contributed by atoms with Crippen molar-refractivity contribution in [3.05, 3.63) is 66.4 Å². The van der Waals surface area contributed by atoms with E-state index in [-0.39, 0.29) is 6.04 Å². The predicted molar refractivity (Wildman–Crippen MR) is 129 cm³/mol. The molecule has 0 amide bonds. The zero-order chi connectivity index (χ0) is 22.8. The molecule has 2 aliphatic heterocycles. The van der Waals surface area contributed by atoms with Crippen LogP contribution in [0.4, 0.5) is 0 Å². The lowest BCUT2D eigenvalue weighted by Crippen LogP contribution is -2.50. The first-order chi connectivity index (χ1) is 16.0. The van der Waals surface area contributed by atoms with Gasteiger partial charge in [0.05, 0.1) is 30.0 Å². The van der Waals surface area contributed by atoms with Crippen molar-refractivity contribution < 1.29 is 13.2 Å². The van der Waals surface area contributed by atoms with Crippen molar-refractivity contribution in [1.82, 2.24) is 19.6 Å². The molecule has 2 fully saturated rings. The summed E-state index contributed by atoms with van der Waals surface area (Å²) in [5.74, 6) is 1.48. The highest BCUT2D eigenvalue weighted by Gasteiger charge is 2.33. The molecular weight excluding hydrogens is 436 g/mol. The van der Waals surface area contributed by atoms with Gasteiger partial charge < -0.3 is 4.74 Å². The fraction of sp³-hybridized carbons (Fsp3) is 0.400. The van der Waals surface area contributed by atoms with E-state index >= 15 is 0 Å². The van der Waals surface area contributed by atoms with E-state index in [1.54, 1.807) is 7.11 Å². The van der Waals surface area contributed by atoms with Crippen molar-refractivity contribution in [1.29, 1.82) is 0 Å². The molecule has 33 heavy (non-hydrogen) atoms. The minimum atomic E-state index is -2.85. The summed E-state index contributed by atoms with van der Waals surface area (Å²) in [5, 5.41) is 4.94. The summed E-state index contributed by atoms with van der Waals surface area (Å²) < 4.78 is 31.0. The number of hydrogen-bond donors (Lipinski definition) is 0. The summed E-state index contributed by atoms with van der Waals surface area (Å²) in [6.07, 6.45) is 2.90. The van der Waals surface area contributed by atoms with Crippen LogP contribution in [0, 0.1) is 0 Å². The fourth-order valence-electron chi connectivity index (χ4n) is 4.82. The van der Waals surface area contributed by atoms with Crippen LogP contribution >= 0.6 is 0 Å². The topological polar surface area (TPSA) is 67.7 Å². The Labute approximate surface area is 195 Å². The number of sulfone groups is 1. The minimum Gasteiger partial charge on any atom is -0.497 e. The van der Waals surface area contributed by atoms with Gasteiger partial charge in [-0.1, -0.05) is 18.2 Å². The van der Waals surface area contributed by atoms with Crippen LogP contribution in [-0.4, -0.2) is 78.8 Å². The van der Waals surface area contributed by atoms with Crippen molar-refractivity contribution in [2.24, 2.45) is 0 Å². The van der Waals surface area contributed by atoms with Crippen LogP contribution in [0.25, 0.3) is 16.9 Å². The third kappa shape index (κ3) is 4.98. The molecule has 0 bridgehead atoms. The van der Waals surface area contributed by atoms with Crippen LogP contribution in [0.2, 0.25) is 0 Å². The molecule has 2 aromatic carbocycles. The molecule has 0 N–H and O–H groups in total. The zero-order valence-electron chi connectivity index (χ0n) is 18.9. The van der Waals surface area contributed by atoms with Crippen molar-refractivity contribution in [3.63, 3.8) is 0 Å². The molecule has 0 radical (unpaired) electrons. The van der Waals surface area contributed by atoms with Crippen molar-refractivity contribution in [3.8, 4) is 22.7 Å². The smallest absolute Gasteiger partial charge is 0.151 e. The quantitative estimate of drug-likeness (QED) is 0.557. The summed E-state index contributed by atoms with van der Waals surface area (Å²) >= 11 is 0.